The second-order valence-electron chi connectivity index (χ2n) is 8.28. The van der Waals surface area contributed by atoms with Crippen molar-refractivity contribution in [3.05, 3.63) is 64.5 Å². The van der Waals surface area contributed by atoms with Gasteiger partial charge in [0.15, 0.2) is 0 Å². The molecule has 0 radical (unpaired) electrons. The maximum absolute atomic E-state index is 14.3. The number of hydrogen-bond donors (Lipinski definition) is 1. The molecule has 5 nitrogen and oxygen atoms in total. The number of aryl methyl sites for hydroxylation is 2. The number of para-hydroxylation sites is 1. The molecule has 0 saturated carbocycles. The van der Waals surface area contributed by atoms with Gasteiger partial charge in [0.1, 0.15) is 5.82 Å². The van der Waals surface area contributed by atoms with Crippen LogP contribution in [0.1, 0.15) is 28.7 Å². The highest BCUT2D eigenvalue weighted by Crippen LogP contribution is 2.32. The summed E-state index contributed by atoms with van der Waals surface area (Å²) in [5, 5.41) is 2.94. The predicted molar refractivity (Wildman–Crippen MR) is 117 cm³/mol. The van der Waals surface area contributed by atoms with Crippen molar-refractivity contribution in [1.82, 2.24) is 9.80 Å². The Bertz CT molecular complexity index is 1000. The van der Waals surface area contributed by atoms with Crippen molar-refractivity contribution in [2.75, 3.05) is 38.0 Å². The minimum absolute atomic E-state index is 0.154. The van der Waals surface area contributed by atoms with Gasteiger partial charge < -0.3 is 10.2 Å². The van der Waals surface area contributed by atoms with Crippen molar-refractivity contribution in [1.29, 1.82) is 0 Å². The average Bonchev–Trinajstić information content (AvgIpc) is 2.97. The molecule has 9 heteroatoms. The number of nitrogens with one attached hydrogen (secondary N) is 1. The average molecular weight is 465 g/mol. The van der Waals surface area contributed by atoms with Crippen LogP contribution in [0.15, 0.2) is 36.4 Å². The fraction of sp³-hybridized carbons (Fsp3) is 0.417. The molecule has 1 heterocycles. The monoisotopic (exact) mass is 465 g/mol. The summed E-state index contributed by atoms with van der Waals surface area (Å²) in [6, 6.07) is 8.73. The molecule has 1 N–H and O–H groups in total. The second-order valence-corrected chi connectivity index (χ2v) is 8.28. The molecule has 0 spiro atoms. The van der Waals surface area contributed by atoms with Crippen LogP contribution in [0.2, 0.25) is 0 Å². The van der Waals surface area contributed by atoms with Crippen LogP contribution in [0.4, 0.5) is 23.2 Å². The summed E-state index contributed by atoms with van der Waals surface area (Å²) in [5.74, 6) is -1.99. The van der Waals surface area contributed by atoms with Crippen LogP contribution in [-0.4, -0.2) is 54.3 Å². The molecule has 1 aliphatic rings. The third-order valence-electron chi connectivity index (χ3n) is 5.78. The zero-order chi connectivity index (χ0) is 24.2. The van der Waals surface area contributed by atoms with Gasteiger partial charge in [0.05, 0.1) is 18.5 Å². The summed E-state index contributed by atoms with van der Waals surface area (Å²) in [4.78, 5) is 28.6. The number of hydrogen-bond acceptors (Lipinski definition) is 3. The first-order chi connectivity index (χ1) is 15.6. The molecule has 178 valence electrons. The van der Waals surface area contributed by atoms with Gasteiger partial charge in [-0.05, 0) is 43.0 Å². The number of alkyl halides is 3. The number of carbonyl (C=O) groups excluding carboxylic acids is 2. The van der Waals surface area contributed by atoms with Crippen molar-refractivity contribution in [2.24, 2.45) is 0 Å². The molecule has 2 aromatic rings. The van der Waals surface area contributed by atoms with Gasteiger partial charge in [-0.15, -0.1) is 0 Å². The molecule has 1 aliphatic heterocycles. The SMILES string of the molecule is Cc1cccc(C)c1NC(=O)CN1CCCN(C(=O)Cc2cccc(C(F)(F)F)c2F)CC1. The number of anilines is 1. The molecule has 0 unspecified atom stereocenters. The smallest absolute Gasteiger partial charge is 0.341 e. The van der Waals surface area contributed by atoms with E-state index >= 15 is 0 Å². The first kappa shape index (κ1) is 24.7. The minimum Gasteiger partial charge on any atom is -0.341 e. The van der Waals surface area contributed by atoms with Gasteiger partial charge in [0.25, 0.3) is 0 Å². The summed E-state index contributed by atoms with van der Waals surface area (Å²) in [6.07, 6.45) is -4.65. The van der Waals surface area contributed by atoms with Crippen LogP contribution < -0.4 is 5.32 Å². The van der Waals surface area contributed by atoms with E-state index in [0.717, 1.165) is 22.9 Å². The van der Waals surface area contributed by atoms with E-state index in [4.69, 9.17) is 0 Å². The molecule has 0 aromatic heterocycles. The Hall–Kier alpha value is -2.94. The zero-order valence-electron chi connectivity index (χ0n) is 18.6. The lowest BCUT2D eigenvalue weighted by Crippen LogP contribution is -2.38. The molecule has 1 saturated heterocycles. The van der Waals surface area contributed by atoms with Crippen LogP contribution in [0, 0.1) is 19.7 Å². The van der Waals surface area contributed by atoms with Gasteiger partial charge in [-0.1, -0.05) is 30.3 Å². The van der Waals surface area contributed by atoms with Gasteiger partial charge in [0.2, 0.25) is 11.8 Å². The van der Waals surface area contributed by atoms with E-state index in [0.29, 0.717) is 38.7 Å². The normalized spacial score (nSPS) is 15.3. The summed E-state index contributed by atoms with van der Waals surface area (Å²) < 4.78 is 53.1. The first-order valence-electron chi connectivity index (χ1n) is 10.8. The number of halogens is 4. The number of nitrogens with zero attached hydrogens (tertiary/aromatic N) is 2. The molecule has 1 fully saturated rings. The summed E-state index contributed by atoms with van der Waals surface area (Å²) in [6.45, 7) is 5.76. The van der Waals surface area contributed by atoms with Gasteiger partial charge in [-0.25, -0.2) is 4.39 Å². The number of benzene rings is 2. The molecule has 33 heavy (non-hydrogen) atoms. The van der Waals surface area contributed by atoms with E-state index in [1.54, 1.807) is 0 Å². The number of rotatable bonds is 5. The van der Waals surface area contributed by atoms with Crippen molar-refractivity contribution < 1.29 is 27.2 Å². The largest absolute Gasteiger partial charge is 0.419 e. The molecule has 0 atom stereocenters. The second kappa shape index (κ2) is 10.3. The Morgan fingerprint density at radius 3 is 2.30 bits per heavy atom. The first-order valence-corrected chi connectivity index (χ1v) is 10.8. The lowest BCUT2D eigenvalue weighted by Gasteiger charge is -2.22. The lowest BCUT2D eigenvalue weighted by molar-refractivity contribution is -0.140. The Morgan fingerprint density at radius 2 is 1.64 bits per heavy atom. The number of amides is 2. The Labute approximate surface area is 190 Å². The molecule has 0 bridgehead atoms. The fourth-order valence-electron chi connectivity index (χ4n) is 3.98. The van der Waals surface area contributed by atoms with Gasteiger partial charge in [-0.3, -0.25) is 14.5 Å². The van der Waals surface area contributed by atoms with Crippen LogP contribution in [0.3, 0.4) is 0 Å². The fourth-order valence-corrected chi connectivity index (χ4v) is 3.98. The van der Waals surface area contributed by atoms with Crippen molar-refractivity contribution in [3.8, 4) is 0 Å². The highest BCUT2D eigenvalue weighted by molar-refractivity contribution is 5.93. The van der Waals surface area contributed by atoms with E-state index in [-0.39, 0.29) is 18.0 Å². The van der Waals surface area contributed by atoms with E-state index in [9.17, 15) is 27.2 Å². The maximum Gasteiger partial charge on any atom is 0.419 e. The Balaban J connectivity index is 1.57. The third-order valence-corrected chi connectivity index (χ3v) is 5.78. The van der Waals surface area contributed by atoms with Gasteiger partial charge in [0, 0.05) is 31.9 Å². The Morgan fingerprint density at radius 1 is 0.970 bits per heavy atom. The van der Waals surface area contributed by atoms with Gasteiger partial charge in [-0.2, -0.15) is 13.2 Å². The zero-order valence-corrected chi connectivity index (χ0v) is 18.6. The molecule has 2 aromatic carbocycles. The van der Waals surface area contributed by atoms with E-state index in [1.165, 1.54) is 11.0 Å². The van der Waals surface area contributed by atoms with E-state index < -0.39 is 29.9 Å². The predicted octanol–water partition coefficient (Wildman–Crippen LogP) is 4.18. The highest BCUT2D eigenvalue weighted by atomic mass is 19.4. The highest BCUT2D eigenvalue weighted by Gasteiger charge is 2.35. The van der Waals surface area contributed by atoms with Crippen LogP contribution >= 0.6 is 0 Å². The third kappa shape index (κ3) is 6.31. The minimum atomic E-state index is -4.82. The van der Waals surface area contributed by atoms with Crippen LogP contribution in [0.5, 0.6) is 0 Å². The maximum atomic E-state index is 14.3. The molecular weight excluding hydrogens is 438 g/mol. The standard InChI is InChI=1S/C24H27F4N3O2/c1-16-6-3-7-17(2)23(16)29-20(32)15-30-10-5-11-31(13-12-30)21(33)14-18-8-4-9-19(22(18)25)24(26,27)28/h3-4,6-9H,5,10-15H2,1-2H3,(H,29,32). The van der Waals surface area contributed by atoms with E-state index in [1.807, 2.05) is 36.9 Å². The molecule has 3 rings (SSSR count). The van der Waals surface area contributed by atoms with E-state index in [2.05, 4.69) is 5.32 Å². The quantitative estimate of drug-likeness (QED) is 0.675. The summed E-state index contributed by atoms with van der Waals surface area (Å²) in [5.41, 5.74) is 1.08. The van der Waals surface area contributed by atoms with Crippen molar-refractivity contribution in [2.45, 2.75) is 32.9 Å². The summed E-state index contributed by atoms with van der Waals surface area (Å²) in [7, 11) is 0. The van der Waals surface area contributed by atoms with Crippen molar-refractivity contribution >= 4 is 17.5 Å². The molecule has 2 amide bonds. The molecule has 0 aliphatic carbocycles. The Kier molecular flexibility index (Phi) is 7.73. The molecular formula is C24H27F4N3O2. The van der Waals surface area contributed by atoms with Crippen molar-refractivity contribution in [3.63, 3.8) is 0 Å². The van der Waals surface area contributed by atoms with Gasteiger partial charge >= 0.3 is 6.18 Å². The topological polar surface area (TPSA) is 52.7 Å². The summed E-state index contributed by atoms with van der Waals surface area (Å²) >= 11 is 0. The van der Waals surface area contributed by atoms with Crippen LogP contribution in [-0.2, 0) is 22.2 Å². The van der Waals surface area contributed by atoms with Crippen LogP contribution in [0.25, 0.3) is 0 Å². The lowest BCUT2D eigenvalue weighted by atomic mass is 10.1. The number of carbonyl (C=O) groups is 2.